The van der Waals surface area contributed by atoms with Gasteiger partial charge in [-0.1, -0.05) is 105 Å². The van der Waals surface area contributed by atoms with Crippen molar-refractivity contribution in [3.8, 4) is 0 Å². The third-order valence-electron chi connectivity index (χ3n) is 7.82. The first-order chi connectivity index (χ1) is 20.9. The minimum atomic E-state index is -7.50. The molecule has 0 saturated carbocycles. The highest BCUT2D eigenvalue weighted by Crippen LogP contribution is 2.57. The molecule has 0 N–H and O–H groups in total. The SMILES string of the molecule is CCCCCCN(CCCCCC)C(=O)C(F)(F)C(F)(F)C(F)(F)C(F)(F)C(F)(F)C(=O)N(CCCCCC)CCCCCC. The number of nitrogens with zero attached hydrogens (tertiary/aromatic N) is 2. The monoisotopic (exact) mass is 674 g/mol. The van der Waals surface area contributed by atoms with Crippen LogP contribution in [0.2, 0.25) is 0 Å². The fraction of sp³-hybridized carbons (Fsp3) is 0.935. The summed E-state index contributed by atoms with van der Waals surface area (Å²) in [6.07, 6.45) is 6.78. The molecule has 0 saturated heterocycles. The third-order valence-corrected chi connectivity index (χ3v) is 7.82. The van der Waals surface area contributed by atoms with Crippen LogP contribution in [0.1, 0.15) is 130 Å². The van der Waals surface area contributed by atoms with Crippen LogP contribution in [0.25, 0.3) is 0 Å². The van der Waals surface area contributed by atoms with Crippen molar-refractivity contribution in [2.24, 2.45) is 0 Å². The average molecular weight is 675 g/mol. The molecule has 0 unspecified atom stereocenters. The maximum absolute atomic E-state index is 15.0. The Morgan fingerprint density at radius 2 is 0.600 bits per heavy atom. The van der Waals surface area contributed by atoms with Crippen LogP contribution >= 0.6 is 0 Å². The van der Waals surface area contributed by atoms with E-state index in [9.17, 15) is 53.5 Å². The molecule has 4 nitrogen and oxygen atoms in total. The Balaban J connectivity index is 6.33. The Labute approximate surface area is 261 Å². The smallest absolute Gasteiger partial charge is 0.337 e. The van der Waals surface area contributed by atoms with E-state index in [1.54, 1.807) is 0 Å². The highest BCUT2D eigenvalue weighted by atomic mass is 19.4. The van der Waals surface area contributed by atoms with E-state index in [4.69, 9.17) is 0 Å². The van der Waals surface area contributed by atoms with E-state index in [1.165, 1.54) is 0 Å². The van der Waals surface area contributed by atoms with Crippen LogP contribution in [0.3, 0.4) is 0 Å². The van der Waals surface area contributed by atoms with Gasteiger partial charge in [-0.25, -0.2) is 0 Å². The second kappa shape index (κ2) is 19.8. The molecule has 14 heteroatoms. The Morgan fingerprint density at radius 1 is 0.378 bits per heavy atom. The van der Waals surface area contributed by atoms with Gasteiger partial charge >= 0.3 is 29.6 Å². The number of alkyl halides is 10. The fourth-order valence-corrected chi connectivity index (χ4v) is 4.80. The molecule has 0 aromatic rings. The first-order valence-electron chi connectivity index (χ1n) is 16.3. The zero-order valence-corrected chi connectivity index (χ0v) is 27.1. The molecule has 0 bridgehead atoms. The van der Waals surface area contributed by atoms with Crippen LogP contribution in [-0.2, 0) is 9.59 Å². The number of halogens is 10. The van der Waals surface area contributed by atoms with Gasteiger partial charge in [0.1, 0.15) is 0 Å². The number of carbonyl (C=O) groups is 2. The first-order valence-corrected chi connectivity index (χ1v) is 16.3. The van der Waals surface area contributed by atoms with Crippen molar-refractivity contribution in [2.45, 2.75) is 160 Å². The molecule has 268 valence electrons. The van der Waals surface area contributed by atoms with Crippen molar-refractivity contribution in [2.75, 3.05) is 26.2 Å². The molecule has 2 amide bonds. The van der Waals surface area contributed by atoms with Crippen LogP contribution in [-0.4, -0.2) is 77.4 Å². The standard InChI is InChI=1S/C31H52F10N2O2/c1-5-9-13-17-21-42(22-18-14-10-6-2)25(44)27(32,33)29(36,37)31(40,41)30(38,39)28(34,35)26(45)43(23-19-15-11-7-3)24-20-16-12-8-4/h5-24H2,1-4H3. The topological polar surface area (TPSA) is 40.6 Å². The summed E-state index contributed by atoms with van der Waals surface area (Å²) < 4.78 is 149. The molecular formula is C31H52F10N2O2. The maximum Gasteiger partial charge on any atom is 0.392 e. The third kappa shape index (κ3) is 11.2. The van der Waals surface area contributed by atoms with E-state index in [0.717, 1.165) is 0 Å². The minimum absolute atomic E-state index is 0.0421. The summed E-state index contributed by atoms with van der Waals surface area (Å²) >= 11 is 0. The molecule has 0 rings (SSSR count). The van der Waals surface area contributed by atoms with Crippen LogP contribution in [0.15, 0.2) is 0 Å². The molecule has 0 radical (unpaired) electrons. The average Bonchev–Trinajstić information content (AvgIpc) is 2.98. The zero-order valence-electron chi connectivity index (χ0n) is 27.1. The lowest BCUT2D eigenvalue weighted by molar-refractivity contribution is -0.389. The lowest BCUT2D eigenvalue weighted by atomic mass is 9.92. The molecule has 0 aliphatic carbocycles. The molecule has 0 aliphatic rings. The van der Waals surface area contributed by atoms with E-state index in [0.29, 0.717) is 77.0 Å². The van der Waals surface area contributed by atoms with Crippen LogP contribution in [0, 0.1) is 0 Å². The number of hydrogen-bond acceptors (Lipinski definition) is 2. The summed E-state index contributed by atoms with van der Waals surface area (Å²) in [4.78, 5) is 25.6. The fourth-order valence-electron chi connectivity index (χ4n) is 4.80. The van der Waals surface area contributed by atoms with Crippen LogP contribution in [0.4, 0.5) is 43.9 Å². The Morgan fingerprint density at radius 3 is 0.800 bits per heavy atom. The molecule has 0 spiro atoms. The van der Waals surface area contributed by atoms with Crippen LogP contribution < -0.4 is 0 Å². The first kappa shape index (κ1) is 43.2. The van der Waals surface area contributed by atoms with Crippen molar-refractivity contribution in [1.82, 2.24) is 9.80 Å². The summed E-state index contributed by atoms with van der Waals surface area (Å²) in [5.41, 5.74) is 0. The van der Waals surface area contributed by atoms with Gasteiger partial charge in [0.05, 0.1) is 0 Å². The lowest BCUT2D eigenvalue weighted by Gasteiger charge is -2.40. The normalized spacial score (nSPS) is 13.3. The van der Waals surface area contributed by atoms with Gasteiger partial charge in [-0.3, -0.25) is 9.59 Å². The summed E-state index contributed by atoms with van der Waals surface area (Å²) in [5.74, 6) is -40.8. The molecule has 45 heavy (non-hydrogen) atoms. The minimum Gasteiger partial charge on any atom is -0.337 e. The second-order valence-electron chi connectivity index (χ2n) is 11.7. The van der Waals surface area contributed by atoms with Gasteiger partial charge in [-0.05, 0) is 25.7 Å². The van der Waals surface area contributed by atoms with E-state index >= 15 is 0 Å². The van der Waals surface area contributed by atoms with E-state index in [-0.39, 0.29) is 35.5 Å². The summed E-state index contributed by atoms with van der Waals surface area (Å²) in [7, 11) is 0. The van der Waals surface area contributed by atoms with Crippen molar-refractivity contribution in [3.05, 3.63) is 0 Å². The number of amides is 2. The number of unbranched alkanes of at least 4 members (excludes halogenated alkanes) is 12. The Bertz CT molecular complexity index is 766. The molecule has 0 aliphatic heterocycles. The highest BCUT2D eigenvalue weighted by molar-refractivity contribution is 5.86. The van der Waals surface area contributed by atoms with Crippen molar-refractivity contribution < 1.29 is 53.5 Å². The van der Waals surface area contributed by atoms with E-state index < -0.39 is 67.6 Å². The largest absolute Gasteiger partial charge is 0.392 e. The van der Waals surface area contributed by atoms with Crippen molar-refractivity contribution in [3.63, 3.8) is 0 Å². The van der Waals surface area contributed by atoms with Crippen LogP contribution in [0.5, 0.6) is 0 Å². The number of rotatable bonds is 26. The predicted octanol–water partition coefficient (Wildman–Crippen LogP) is 10.1. The van der Waals surface area contributed by atoms with Gasteiger partial charge in [0.25, 0.3) is 11.8 Å². The van der Waals surface area contributed by atoms with Gasteiger partial charge in [0.2, 0.25) is 0 Å². The summed E-state index contributed by atoms with van der Waals surface area (Å²) in [6.45, 7) is 5.06. The summed E-state index contributed by atoms with van der Waals surface area (Å²) in [5, 5.41) is 0. The second-order valence-corrected chi connectivity index (χ2v) is 11.7. The maximum atomic E-state index is 15.0. The molecule has 0 heterocycles. The van der Waals surface area contributed by atoms with Gasteiger partial charge < -0.3 is 9.80 Å². The molecule has 0 fully saturated rings. The van der Waals surface area contributed by atoms with Gasteiger partial charge in [0, 0.05) is 26.2 Å². The van der Waals surface area contributed by atoms with Crippen molar-refractivity contribution >= 4 is 11.8 Å². The number of carbonyl (C=O) groups excluding carboxylic acids is 2. The highest BCUT2D eigenvalue weighted by Gasteiger charge is 2.89. The molecule has 0 aromatic heterocycles. The van der Waals surface area contributed by atoms with Gasteiger partial charge in [0.15, 0.2) is 0 Å². The molecule has 0 atom stereocenters. The van der Waals surface area contributed by atoms with E-state index in [1.807, 2.05) is 27.7 Å². The Hall–Kier alpha value is -1.76. The predicted molar refractivity (Wildman–Crippen MR) is 154 cm³/mol. The Kier molecular flexibility index (Phi) is 19.0. The lowest BCUT2D eigenvalue weighted by Crippen LogP contribution is -2.72. The summed E-state index contributed by atoms with van der Waals surface area (Å²) in [6, 6.07) is 0. The van der Waals surface area contributed by atoms with Gasteiger partial charge in [-0.2, -0.15) is 43.9 Å². The molecular weight excluding hydrogens is 622 g/mol. The zero-order chi connectivity index (χ0) is 35.0. The quantitative estimate of drug-likeness (QED) is 0.0677. The van der Waals surface area contributed by atoms with Crippen molar-refractivity contribution in [1.29, 1.82) is 0 Å². The van der Waals surface area contributed by atoms with Gasteiger partial charge in [-0.15, -0.1) is 0 Å². The molecule has 0 aromatic carbocycles. The number of hydrogen-bond donors (Lipinski definition) is 0. The van der Waals surface area contributed by atoms with E-state index in [2.05, 4.69) is 0 Å².